The first-order valence-electron chi connectivity index (χ1n) is 7.74. The largest absolute Gasteiger partial charge is 0.347 e. The van der Waals surface area contributed by atoms with Crippen LogP contribution >= 0.6 is 11.6 Å². The molecule has 5 nitrogen and oxygen atoms in total. The fourth-order valence-electron chi connectivity index (χ4n) is 5.05. The number of carbonyl (C=O) groups excluding carboxylic acids is 2. The lowest BCUT2D eigenvalue weighted by Gasteiger charge is -2.59. The van der Waals surface area contributed by atoms with Crippen LogP contribution in [0.15, 0.2) is 0 Å². The highest BCUT2D eigenvalue weighted by atomic mass is 35.5. The van der Waals surface area contributed by atoms with E-state index in [0.717, 1.165) is 32.1 Å². The van der Waals surface area contributed by atoms with Crippen molar-refractivity contribution in [1.82, 2.24) is 15.8 Å². The van der Waals surface area contributed by atoms with Crippen molar-refractivity contribution >= 4 is 23.4 Å². The number of alkyl halides is 1. The first-order valence-corrected chi connectivity index (χ1v) is 8.12. The van der Waals surface area contributed by atoms with Crippen LogP contribution in [0.3, 0.4) is 0 Å². The maximum absolute atomic E-state index is 12.7. The van der Waals surface area contributed by atoms with Crippen molar-refractivity contribution in [3.63, 3.8) is 0 Å². The van der Waals surface area contributed by atoms with Gasteiger partial charge < -0.3 is 5.32 Å². The van der Waals surface area contributed by atoms with Crippen LogP contribution in [0.4, 0.5) is 0 Å². The lowest BCUT2D eigenvalue weighted by molar-refractivity contribution is -0.145. The molecule has 2 N–H and O–H groups in total. The number of hydrazine groups is 1. The summed E-state index contributed by atoms with van der Waals surface area (Å²) in [4.78, 5) is 24.1. The minimum Gasteiger partial charge on any atom is -0.347 e. The van der Waals surface area contributed by atoms with Gasteiger partial charge >= 0.3 is 0 Å². The average Bonchev–Trinajstić information content (AvgIpc) is 2.31. The van der Waals surface area contributed by atoms with E-state index in [0.29, 0.717) is 11.8 Å². The van der Waals surface area contributed by atoms with Crippen molar-refractivity contribution < 1.29 is 9.59 Å². The molecule has 0 heterocycles. The van der Waals surface area contributed by atoms with E-state index in [-0.39, 0.29) is 28.6 Å². The molecule has 0 saturated heterocycles. The Labute approximate surface area is 130 Å². The Morgan fingerprint density at radius 3 is 2.33 bits per heavy atom. The third-order valence-electron chi connectivity index (χ3n) is 5.23. The summed E-state index contributed by atoms with van der Waals surface area (Å²) in [5.74, 6) is 1.00. The van der Waals surface area contributed by atoms with Crippen LogP contribution in [-0.2, 0) is 9.59 Å². The Hall–Kier alpha value is -0.810. The second kappa shape index (κ2) is 5.13. The summed E-state index contributed by atoms with van der Waals surface area (Å²) in [7, 11) is 3.49. The lowest BCUT2D eigenvalue weighted by atomic mass is 9.49. The number of amides is 2. The zero-order valence-corrected chi connectivity index (χ0v) is 13.5. The lowest BCUT2D eigenvalue weighted by Crippen LogP contribution is -2.59. The molecule has 0 aliphatic heterocycles. The Kier molecular flexibility index (Phi) is 3.69. The molecular weight excluding hydrogens is 290 g/mol. The number of hydrogen-bond donors (Lipinski definition) is 2. The minimum absolute atomic E-state index is 0.0236. The van der Waals surface area contributed by atoms with Crippen molar-refractivity contribution in [2.75, 3.05) is 20.6 Å². The molecule has 0 aromatic heterocycles. The predicted molar refractivity (Wildman–Crippen MR) is 80.5 cm³/mol. The van der Waals surface area contributed by atoms with Gasteiger partial charge in [0, 0.05) is 19.0 Å². The molecule has 2 amide bonds. The number of carbonyl (C=O) groups is 2. The molecule has 4 bridgehead atoms. The van der Waals surface area contributed by atoms with Crippen LogP contribution in [0.2, 0.25) is 0 Å². The molecule has 0 spiro atoms. The summed E-state index contributed by atoms with van der Waals surface area (Å²) in [6.45, 7) is 0.0311. The molecule has 6 heteroatoms. The van der Waals surface area contributed by atoms with E-state index in [4.69, 9.17) is 11.6 Å². The molecule has 0 aromatic rings. The van der Waals surface area contributed by atoms with Gasteiger partial charge in [-0.25, -0.2) is 5.01 Å². The molecule has 4 aliphatic rings. The molecule has 4 aliphatic carbocycles. The number of rotatable bonds is 4. The van der Waals surface area contributed by atoms with Crippen molar-refractivity contribution in [3.05, 3.63) is 0 Å². The van der Waals surface area contributed by atoms with Gasteiger partial charge in [0.15, 0.2) is 0 Å². The fraction of sp³-hybridized carbons (Fsp3) is 0.867. The van der Waals surface area contributed by atoms with Gasteiger partial charge in [-0.3, -0.25) is 15.0 Å². The Balaban J connectivity index is 1.63. The summed E-state index contributed by atoms with van der Waals surface area (Å²) in [5, 5.41) is 4.40. The summed E-state index contributed by atoms with van der Waals surface area (Å²) in [5.41, 5.74) is 2.30. The summed E-state index contributed by atoms with van der Waals surface area (Å²) >= 11 is 6.73. The molecular formula is C15H24ClN3O2. The maximum atomic E-state index is 12.7. The van der Waals surface area contributed by atoms with E-state index in [1.807, 2.05) is 0 Å². The predicted octanol–water partition coefficient (Wildman–Crippen LogP) is 1.27. The van der Waals surface area contributed by atoms with Gasteiger partial charge in [-0.05, 0) is 50.4 Å². The SMILES string of the molecule is CN(C)NC(=O)CNC(=O)C12C[C@@H]3C[C@H](CC(Cl)(C3)C1)C2. The van der Waals surface area contributed by atoms with Crippen LogP contribution < -0.4 is 10.7 Å². The van der Waals surface area contributed by atoms with Crippen molar-refractivity contribution in [3.8, 4) is 0 Å². The van der Waals surface area contributed by atoms with Crippen LogP contribution in [0.5, 0.6) is 0 Å². The third-order valence-corrected chi connectivity index (χ3v) is 5.67. The smallest absolute Gasteiger partial charge is 0.253 e. The number of halogens is 1. The summed E-state index contributed by atoms with van der Waals surface area (Å²) in [6, 6.07) is 0. The maximum Gasteiger partial charge on any atom is 0.253 e. The van der Waals surface area contributed by atoms with Gasteiger partial charge in [0.1, 0.15) is 0 Å². The third kappa shape index (κ3) is 2.90. The average molecular weight is 314 g/mol. The van der Waals surface area contributed by atoms with E-state index in [1.165, 1.54) is 6.42 Å². The van der Waals surface area contributed by atoms with Crippen molar-refractivity contribution in [2.24, 2.45) is 17.3 Å². The van der Waals surface area contributed by atoms with Gasteiger partial charge in [-0.1, -0.05) is 0 Å². The molecule has 21 heavy (non-hydrogen) atoms. The van der Waals surface area contributed by atoms with Gasteiger partial charge in [0.05, 0.1) is 12.0 Å². The van der Waals surface area contributed by atoms with E-state index in [9.17, 15) is 9.59 Å². The monoisotopic (exact) mass is 313 g/mol. The van der Waals surface area contributed by atoms with Gasteiger partial charge in [0.25, 0.3) is 5.91 Å². The van der Waals surface area contributed by atoms with Gasteiger partial charge in [-0.15, -0.1) is 11.6 Å². The Morgan fingerprint density at radius 1 is 1.19 bits per heavy atom. The number of hydrogen-bond acceptors (Lipinski definition) is 3. The molecule has 4 fully saturated rings. The zero-order chi connectivity index (χ0) is 15.3. The zero-order valence-electron chi connectivity index (χ0n) is 12.7. The van der Waals surface area contributed by atoms with Crippen molar-refractivity contribution in [2.45, 2.75) is 43.4 Å². The van der Waals surface area contributed by atoms with Gasteiger partial charge in [-0.2, -0.15) is 0 Å². The highest BCUT2D eigenvalue weighted by Gasteiger charge is 2.59. The van der Waals surface area contributed by atoms with E-state index < -0.39 is 0 Å². The number of nitrogens with one attached hydrogen (secondary N) is 2. The highest BCUT2D eigenvalue weighted by molar-refractivity contribution is 6.24. The van der Waals surface area contributed by atoms with Crippen LogP contribution in [0, 0.1) is 17.3 Å². The molecule has 4 saturated carbocycles. The molecule has 0 unspecified atom stereocenters. The minimum atomic E-state index is -0.329. The molecule has 0 radical (unpaired) electrons. The first-order chi connectivity index (χ1) is 9.80. The second-order valence-electron chi connectivity index (χ2n) is 7.50. The van der Waals surface area contributed by atoms with Crippen LogP contribution in [0.1, 0.15) is 38.5 Å². The quantitative estimate of drug-likeness (QED) is 0.607. The van der Waals surface area contributed by atoms with E-state index in [1.54, 1.807) is 19.1 Å². The molecule has 2 atom stereocenters. The van der Waals surface area contributed by atoms with E-state index >= 15 is 0 Å². The normalized spacial score (nSPS) is 40.4. The molecule has 4 rings (SSSR count). The van der Waals surface area contributed by atoms with E-state index in [2.05, 4.69) is 10.7 Å². The Bertz CT molecular complexity index is 452. The number of nitrogens with zero attached hydrogens (tertiary/aromatic N) is 1. The topological polar surface area (TPSA) is 61.4 Å². The highest BCUT2D eigenvalue weighted by Crippen LogP contribution is 2.63. The van der Waals surface area contributed by atoms with Crippen LogP contribution in [0.25, 0.3) is 0 Å². The van der Waals surface area contributed by atoms with Crippen LogP contribution in [-0.4, -0.2) is 42.3 Å². The summed E-state index contributed by atoms with van der Waals surface area (Å²) in [6.07, 6.45) is 6.00. The standard InChI is InChI=1S/C15H24ClN3O2/c1-19(2)18-12(20)8-17-13(21)14-4-10-3-11(5-14)7-15(16,6-10)9-14/h10-11H,3-9H2,1-2H3,(H,17,21)(H,18,20)/t10-,11-,14?,15?/m0/s1. The molecule has 0 aromatic carbocycles. The Morgan fingerprint density at radius 2 is 1.81 bits per heavy atom. The fourth-order valence-corrected chi connectivity index (χ4v) is 5.75. The summed E-state index contributed by atoms with van der Waals surface area (Å²) < 4.78 is 0. The second-order valence-corrected chi connectivity index (χ2v) is 8.31. The van der Waals surface area contributed by atoms with Crippen molar-refractivity contribution in [1.29, 1.82) is 0 Å². The molecule has 118 valence electrons. The first kappa shape index (κ1) is 15.1. The van der Waals surface area contributed by atoms with Gasteiger partial charge in [0.2, 0.25) is 5.91 Å².